The van der Waals surface area contributed by atoms with Crippen LogP contribution in [0.3, 0.4) is 0 Å². The number of carbonyl (C=O) groups excluding carboxylic acids is 2. The van der Waals surface area contributed by atoms with E-state index in [4.69, 9.17) is 19.5 Å². The molecule has 0 fully saturated rings. The molecule has 27 heavy (non-hydrogen) atoms. The Hall–Kier alpha value is -3.53. The molecule has 0 aliphatic carbocycles. The molecule has 0 heterocycles. The van der Waals surface area contributed by atoms with E-state index < -0.39 is 11.9 Å². The van der Waals surface area contributed by atoms with E-state index in [9.17, 15) is 9.59 Å². The van der Waals surface area contributed by atoms with Crippen LogP contribution in [0.1, 0.15) is 11.1 Å². The first-order valence-electron chi connectivity index (χ1n) is 8.29. The lowest BCUT2D eigenvalue weighted by Gasteiger charge is -2.09. The van der Waals surface area contributed by atoms with E-state index in [1.807, 2.05) is 30.3 Å². The average molecular weight is 368 g/mol. The van der Waals surface area contributed by atoms with E-state index in [0.717, 1.165) is 11.3 Å². The third-order valence-electron chi connectivity index (χ3n) is 3.61. The second-order valence-corrected chi connectivity index (χ2v) is 5.51. The van der Waals surface area contributed by atoms with Gasteiger partial charge in [-0.15, -0.1) is 0 Å². The summed E-state index contributed by atoms with van der Waals surface area (Å²) in [7, 11) is 1.60. The standard InChI is InChI=1S/C20H20N2O5/c1-25-17-8-6-15(7-9-17)10-11-22-19(23)13-27-20(24)14-26-18-5-3-2-4-16(18)12-21/h2-9H,10-11,13-14H2,1H3,(H,22,23). The molecular weight excluding hydrogens is 348 g/mol. The van der Waals surface area contributed by atoms with Gasteiger partial charge in [0.05, 0.1) is 12.7 Å². The first-order chi connectivity index (χ1) is 13.1. The van der Waals surface area contributed by atoms with Crippen molar-refractivity contribution < 1.29 is 23.8 Å². The molecule has 2 aromatic rings. The number of hydrogen-bond donors (Lipinski definition) is 1. The second kappa shape index (κ2) is 10.5. The predicted octanol–water partition coefficient (Wildman–Crippen LogP) is 1.85. The maximum absolute atomic E-state index is 11.7. The summed E-state index contributed by atoms with van der Waals surface area (Å²) in [6, 6.07) is 16.0. The molecule has 0 atom stereocenters. The van der Waals surface area contributed by atoms with Gasteiger partial charge in [-0.3, -0.25) is 4.79 Å². The largest absolute Gasteiger partial charge is 0.497 e. The molecule has 140 valence electrons. The highest BCUT2D eigenvalue weighted by molar-refractivity contribution is 5.80. The van der Waals surface area contributed by atoms with E-state index in [1.165, 1.54) is 0 Å². The van der Waals surface area contributed by atoms with Crippen molar-refractivity contribution >= 4 is 11.9 Å². The Balaban J connectivity index is 1.64. The first kappa shape index (κ1) is 19.8. The van der Waals surface area contributed by atoms with Gasteiger partial charge in [-0.05, 0) is 36.2 Å². The van der Waals surface area contributed by atoms with Gasteiger partial charge < -0.3 is 19.5 Å². The number of nitrogens with one attached hydrogen (secondary N) is 1. The maximum Gasteiger partial charge on any atom is 0.344 e. The molecule has 0 aliphatic heterocycles. The van der Waals surface area contributed by atoms with Gasteiger partial charge in [-0.2, -0.15) is 5.26 Å². The Kier molecular flexibility index (Phi) is 7.67. The second-order valence-electron chi connectivity index (χ2n) is 5.51. The fourth-order valence-electron chi connectivity index (χ4n) is 2.20. The van der Waals surface area contributed by atoms with Crippen molar-refractivity contribution in [1.29, 1.82) is 5.26 Å². The molecule has 0 unspecified atom stereocenters. The minimum atomic E-state index is -0.687. The molecule has 2 rings (SSSR count). The van der Waals surface area contributed by atoms with Gasteiger partial charge in [0.25, 0.3) is 5.91 Å². The van der Waals surface area contributed by atoms with Gasteiger partial charge in [-0.25, -0.2) is 4.79 Å². The van der Waals surface area contributed by atoms with Crippen LogP contribution in [0.4, 0.5) is 0 Å². The van der Waals surface area contributed by atoms with Gasteiger partial charge in [0.15, 0.2) is 13.2 Å². The minimum absolute atomic E-state index is 0.292. The smallest absolute Gasteiger partial charge is 0.344 e. The number of rotatable bonds is 9. The van der Waals surface area contributed by atoms with Gasteiger partial charge in [0.1, 0.15) is 17.6 Å². The third kappa shape index (κ3) is 6.71. The maximum atomic E-state index is 11.7. The van der Waals surface area contributed by atoms with Crippen molar-refractivity contribution in [2.45, 2.75) is 6.42 Å². The summed E-state index contributed by atoms with van der Waals surface area (Å²) in [6.45, 7) is -0.336. The van der Waals surface area contributed by atoms with E-state index in [1.54, 1.807) is 31.4 Å². The number of nitriles is 1. The molecule has 0 aromatic heterocycles. The van der Waals surface area contributed by atoms with Crippen LogP contribution in [0.15, 0.2) is 48.5 Å². The number of carbonyl (C=O) groups is 2. The molecule has 0 radical (unpaired) electrons. The SMILES string of the molecule is COc1ccc(CCNC(=O)COC(=O)COc2ccccc2C#N)cc1. The van der Waals surface area contributed by atoms with E-state index in [-0.39, 0.29) is 13.2 Å². The summed E-state index contributed by atoms with van der Waals surface area (Å²) in [4.78, 5) is 23.4. The molecule has 1 N–H and O–H groups in total. The van der Waals surface area contributed by atoms with E-state index in [2.05, 4.69) is 5.32 Å². The molecule has 0 bridgehead atoms. The van der Waals surface area contributed by atoms with Gasteiger partial charge in [0.2, 0.25) is 0 Å². The van der Waals surface area contributed by atoms with Crippen molar-refractivity contribution in [3.8, 4) is 17.6 Å². The van der Waals surface area contributed by atoms with E-state index >= 15 is 0 Å². The zero-order valence-corrected chi connectivity index (χ0v) is 14.9. The molecule has 2 aromatic carbocycles. The van der Waals surface area contributed by atoms with Crippen molar-refractivity contribution in [3.05, 3.63) is 59.7 Å². The number of amides is 1. The number of methoxy groups -OCH3 is 1. The van der Waals surface area contributed by atoms with Crippen LogP contribution in [0.2, 0.25) is 0 Å². The monoisotopic (exact) mass is 368 g/mol. The van der Waals surface area contributed by atoms with Crippen LogP contribution in [-0.4, -0.2) is 38.7 Å². The van der Waals surface area contributed by atoms with Crippen LogP contribution in [0, 0.1) is 11.3 Å². The van der Waals surface area contributed by atoms with Gasteiger partial charge in [-0.1, -0.05) is 24.3 Å². The van der Waals surface area contributed by atoms with E-state index in [0.29, 0.717) is 24.3 Å². The number of hydrogen-bond acceptors (Lipinski definition) is 6. The van der Waals surface area contributed by atoms with Crippen LogP contribution in [-0.2, 0) is 20.7 Å². The normalized spacial score (nSPS) is 9.78. The summed E-state index contributed by atoms with van der Waals surface area (Å²) in [5, 5.41) is 11.6. The Morgan fingerprint density at radius 3 is 2.52 bits per heavy atom. The summed E-state index contributed by atoms with van der Waals surface area (Å²) in [5.41, 5.74) is 1.37. The summed E-state index contributed by atoms with van der Waals surface area (Å²) in [6.07, 6.45) is 0.651. The molecule has 7 nitrogen and oxygen atoms in total. The number of ether oxygens (including phenoxy) is 3. The molecule has 0 saturated carbocycles. The Morgan fingerprint density at radius 1 is 1.07 bits per heavy atom. The zero-order valence-electron chi connectivity index (χ0n) is 14.9. The topological polar surface area (TPSA) is 97.7 Å². The molecule has 0 saturated heterocycles. The molecule has 0 aliphatic rings. The van der Waals surface area contributed by atoms with Crippen LogP contribution in [0.25, 0.3) is 0 Å². The highest BCUT2D eigenvalue weighted by atomic mass is 16.6. The summed E-state index contributed by atoms with van der Waals surface area (Å²) < 4.78 is 15.2. The fourth-order valence-corrected chi connectivity index (χ4v) is 2.20. The quantitative estimate of drug-likeness (QED) is 0.679. The molecule has 7 heteroatoms. The van der Waals surface area contributed by atoms with Crippen molar-refractivity contribution in [3.63, 3.8) is 0 Å². The highest BCUT2D eigenvalue weighted by Gasteiger charge is 2.10. The fraction of sp³-hybridized carbons (Fsp3) is 0.250. The molecule has 0 spiro atoms. The van der Waals surface area contributed by atoms with Crippen LogP contribution >= 0.6 is 0 Å². The van der Waals surface area contributed by atoms with Crippen molar-refractivity contribution in [2.75, 3.05) is 26.9 Å². The highest BCUT2D eigenvalue weighted by Crippen LogP contribution is 2.16. The van der Waals surface area contributed by atoms with Crippen LogP contribution in [0.5, 0.6) is 11.5 Å². The third-order valence-corrected chi connectivity index (χ3v) is 3.61. The molecule has 1 amide bonds. The minimum Gasteiger partial charge on any atom is -0.497 e. The first-order valence-corrected chi connectivity index (χ1v) is 8.29. The lowest BCUT2D eigenvalue weighted by atomic mass is 10.1. The Labute approximate surface area is 157 Å². The zero-order chi connectivity index (χ0) is 19.5. The lowest BCUT2D eigenvalue weighted by molar-refractivity contribution is -0.150. The summed E-state index contributed by atoms with van der Waals surface area (Å²) in [5.74, 6) is -0.0162. The van der Waals surface area contributed by atoms with Gasteiger partial charge >= 0.3 is 5.97 Å². The van der Waals surface area contributed by atoms with Crippen molar-refractivity contribution in [1.82, 2.24) is 5.32 Å². The van der Waals surface area contributed by atoms with Crippen LogP contribution < -0.4 is 14.8 Å². The Bertz CT molecular complexity index is 812. The number of esters is 1. The number of nitrogens with zero attached hydrogens (tertiary/aromatic N) is 1. The van der Waals surface area contributed by atoms with Gasteiger partial charge in [0, 0.05) is 6.54 Å². The molecular formula is C20H20N2O5. The summed E-state index contributed by atoms with van der Waals surface area (Å²) >= 11 is 0. The average Bonchev–Trinajstić information content (AvgIpc) is 2.71. The lowest BCUT2D eigenvalue weighted by Crippen LogP contribution is -2.31. The Morgan fingerprint density at radius 2 is 1.81 bits per heavy atom. The number of benzene rings is 2. The number of para-hydroxylation sites is 1. The predicted molar refractivity (Wildman–Crippen MR) is 97.3 cm³/mol. The van der Waals surface area contributed by atoms with Crippen molar-refractivity contribution in [2.24, 2.45) is 0 Å².